The van der Waals surface area contributed by atoms with E-state index in [-0.39, 0.29) is 11.5 Å². The van der Waals surface area contributed by atoms with Crippen LogP contribution < -0.4 is 10.3 Å². The van der Waals surface area contributed by atoms with Gasteiger partial charge in [-0.2, -0.15) is 0 Å². The standard InChI is InChI=1S/C32H28FN3O3/c1-22(35(21-20-23-8-4-3-5-9-23)31(37)24-12-14-25(33)15-13-24)30-34-29-11-7-6-10-28(29)32(38)36(30)26-16-18-27(39-2)19-17-26/h3-19,22H,20-21H2,1-2H3. The van der Waals surface area contributed by atoms with Crippen LogP contribution in [0.4, 0.5) is 4.39 Å². The molecule has 0 aliphatic rings. The number of carbonyl (C=O) groups excluding carboxylic acids is 1. The van der Waals surface area contributed by atoms with Crippen LogP contribution in [0.25, 0.3) is 16.6 Å². The van der Waals surface area contributed by atoms with Gasteiger partial charge in [0, 0.05) is 12.1 Å². The third-order valence-electron chi connectivity index (χ3n) is 6.81. The Morgan fingerprint density at radius 1 is 0.923 bits per heavy atom. The summed E-state index contributed by atoms with van der Waals surface area (Å²) in [6.45, 7) is 2.23. The van der Waals surface area contributed by atoms with E-state index in [0.29, 0.717) is 46.7 Å². The van der Waals surface area contributed by atoms with Crippen molar-refractivity contribution in [1.82, 2.24) is 14.5 Å². The highest BCUT2D eigenvalue weighted by atomic mass is 19.1. The van der Waals surface area contributed by atoms with Crippen LogP contribution in [0.5, 0.6) is 5.75 Å². The quantitative estimate of drug-likeness (QED) is 0.252. The Balaban J connectivity index is 1.64. The molecule has 0 bridgehead atoms. The molecule has 1 unspecified atom stereocenters. The van der Waals surface area contributed by atoms with Crippen LogP contribution in [0.3, 0.4) is 0 Å². The molecule has 0 aliphatic carbocycles. The monoisotopic (exact) mass is 521 g/mol. The SMILES string of the molecule is COc1ccc(-n2c(C(C)N(CCc3ccccc3)C(=O)c3ccc(F)cc3)nc3ccccc3c2=O)cc1. The van der Waals surface area contributed by atoms with E-state index in [1.54, 1.807) is 59.0 Å². The van der Waals surface area contributed by atoms with Gasteiger partial charge < -0.3 is 9.64 Å². The molecule has 1 heterocycles. The zero-order valence-corrected chi connectivity index (χ0v) is 21.8. The van der Waals surface area contributed by atoms with E-state index < -0.39 is 11.9 Å². The van der Waals surface area contributed by atoms with Crippen LogP contribution in [-0.4, -0.2) is 34.0 Å². The van der Waals surface area contributed by atoms with E-state index in [1.807, 2.05) is 43.3 Å². The average molecular weight is 522 g/mol. The molecule has 1 aromatic heterocycles. The molecule has 0 saturated carbocycles. The highest BCUT2D eigenvalue weighted by Crippen LogP contribution is 2.26. The molecule has 5 aromatic rings. The number of rotatable bonds is 8. The smallest absolute Gasteiger partial charge is 0.266 e. The zero-order chi connectivity index (χ0) is 27.4. The first-order valence-corrected chi connectivity index (χ1v) is 12.7. The van der Waals surface area contributed by atoms with Crippen molar-refractivity contribution >= 4 is 16.8 Å². The number of para-hydroxylation sites is 1. The van der Waals surface area contributed by atoms with Crippen LogP contribution in [0.15, 0.2) is 108 Å². The number of ether oxygens (including phenoxy) is 1. The van der Waals surface area contributed by atoms with Crippen molar-refractivity contribution in [3.8, 4) is 11.4 Å². The number of amides is 1. The minimum absolute atomic E-state index is 0.232. The predicted octanol–water partition coefficient (Wildman–Crippen LogP) is 5.98. The number of nitrogens with zero attached hydrogens (tertiary/aromatic N) is 3. The van der Waals surface area contributed by atoms with E-state index in [0.717, 1.165) is 5.56 Å². The molecule has 0 saturated heterocycles. The molecule has 4 aromatic carbocycles. The third-order valence-corrected chi connectivity index (χ3v) is 6.81. The van der Waals surface area contributed by atoms with Crippen molar-refractivity contribution in [3.63, 3.8) is 0 Å². The summed E-state index contributed by atoms with van der Waals surface area (Å²) in [6.07, 6.45) is 0.596. The molecule has 1 amide bonds. The second-order valence-electron chi connectivity index (χ2n) is 9.24. The Bertz CT molecular complexity index is 1650. The van der Waals surface area contributed by atoms with Crippen molar-refractivity contribution in [2.24, 2.45) is 0 Å². The maximum Gasteiger partial charge on any atom is 0.266 e. The molecular weight excluding hydrogens is 493 g/mol. The Hall–Kier alpha value is -4.78. The molecule has 0 spiro atoms. The van der Waals surface area contributed by atoms with E-state index in [4.69, 9.17) is 9.72 Å². The molecular formula is C32H28FN3O3. The molecule has 1 atom stereocenters. The van der Waals surface area contributed by atoms with Crippen LogP contribution in [0.1, 0.15) is 34.7 Å². The maximum atomic E-state index is 13.8. The second-order valence-corrected chi connectivity index (χ2v) is 9.24. The van der Waals surface area contributed by atoms with Gasteiger partial charge in [0.25, 0.3) is 11.5 Å². The van der Waals surface area contributed by atoms with Gasteiger partial charge in [0.05, 0.1) is 29.7 Å². The van der Waals surface area contributed by atoms with E-state index in [1.165, 1.54) is 24.3 Å². The fourth-order valence-electron chi connectivity index (χ4n) is 4.67. The summed E-state index contributed by atoms with van der Waals surface area (Å²) >= 11 is 0. The zero-order valence-electron chi connectivity index (χ0n) is 21.8. The van der Waals surface area contributed by atoms with Gasteiger partial charge in [-0.3, -0.25) is 14.2 Å². The first-order chi connectivity index (χ1) is 19.0. The summed E-state index contributed by atoms with van der Waals surface area (Å²) in [6, 6.07) is 29.1. The van der Waals surface area contributed by atoms with Crippen LogP contribution >= 0.6 is 0 Å². The summed E-state index contributed by atoms with van der Waals surface area (Å²) in [5, 5.41) is 0.477. The highest BCUT2D eigenvalue weighted by molar-refractivity contribution is 5.94. The molecule has 196 valence electrons. The average Bonchev–Trinajstić information content (AvgIpc) is 2.98. The van der Waals surface area contributed by atoms with Gasteiger partial charge in [-0.05, 0) is 79.6 Å². The molecule has 5 rings (SSSR count). The number of methoxy groups -OCH3 is 1. The molecule has 0 radical (unpaired) electrons. The topological polar surface area (TPSA) is 64.4 Å². The largest absolute Gasteiger partial charge is 0.497 e. The van der Waals surface area contributed by atoms with E-state index in [9.17, 15) is 14.0 Å². The normalized spacial score (nSPS) is 11.8. The Kier molecular flexibility index (Phi) is 7.50. The molecule has 0 fully saturated rings. The summed E-state index contributed by atoms with van der Waals surface area (Å²) in [5.41, 5.74) is 2.35. The number of hydrogen-bond acceptors (Lipinski definition) is 4. The molecule has 6 nitrogen and oxygen atoms in total. The summed E-state index contributed by atoms with van der Waals surface area (Å²) in [5.74, 6) is 0.389. The highest BCUT2D eigenvalue weighted by Gasteiger charge is 2.27. The lowest BCUT2D eigenvalue weighted by Crippen LogP contribution is -2.38. The fraction of sp³-hybridized carbons (Fsp3) is 0.156. The van der Waals surface area contributed by atoms with Gasteiger partial charge in [0.2, 0.25) is 0 Å². The number of carbonyl (C=O) groups is 1. The summed E-state index contributed by atoms with van der Waals surface area (Å²) in [4.78, 5) is 34.3. The van der Waals surface area contributed by atoms with Gasteiger partial charge in [-0.15, -0.1) is 0 Å². The number of fused-ring (bicyclic) bond motifs is 1. The Labute approximate surface area is 225 Å². The van der Waals surface area contributed by atoms with Gasteiger partial charge in [0.1, 0.15) is 17.4 Å². The Morgan fingerprint density at radius 3 is 2.28 bits per heavy atom. The minimum atomic E-state index is -0.592. The lowest BCUT2D eigenvalue weighted by molar-refractivity contribution is 0.0683. The molecule has 7 heteroatoms. The summed E-state index contributed by atoms with van der Waals surface area (Å²) in [7, 11) is 1.58. The number of hydrogen-bond donors (Lipinski definition) is 0. The van der Waals surface area contributed by atoms with Gasteiger partial charge in [-0.25, -0.2) is 9.37 Å². The van der Waals surface area contributed by atoms with Crippen molar-refractivity contribution in [2.75, 3.05) is 13.7 Å². The first kappa shape index (κ1) is 25.9. The number of halogens is 1. The van der Waals surface area contributed by atoms with Crippen LogP contribution in [-0.2, 0) is 6.42 Å². The Morgan fingerprint density at radius 2 is 1.59 bits per heavy atom. The van der Waals surface area contributed by atoms with Crippen LogP contribution in [0.2, 0.25) is 0 Å². The van der Waals surface area contributed by atoms with Gasteiger partial charge in [0.15, 0.2) is 0 Å². The second kappa shape index (κ2) is 11.3. The van der Waals surface area contributed by atoms with Crippen molar-refractivity contribution < 1.29 is 13.9 Å². The van der Waals surface area contributed by atoms with E-state index >= 15 is 0 Å². The van der Waals surface area contributed by atoms with Gasteiger partial charge >= 0.3 is 0 Å². The lowest BCUT2D eigenvalue weighted by Gasteiger charge is -2.31. The van der Waals surface area contributed by atoms with Crippen molar-refractivity contribution in [2.45, 2.75) is 19.4 Å². The number of benzene rings is 4. The molecule has 39 heavy (non-hydrogen) atoms. The maximum absolute atomic E-state index is 13.8. The first-order valence-electron chi connectivity index (χ1n) is 12.7. The lowest BCUT2D eigenvalue weighted by atomic mass is 10.1. The predicted molar refractivity (Wildman–Crippen MR) is 150 cm³/mol. The number of aromatic nitrogens is 2. The van der Waals surface area contributed by atoms with Crippen molar-refractivity contribution in [3.05, 3.63) is 136 Å². The van der Waals surface area contributed by atoms with Crippen molar-refractivity contribution in [1.29, 1.82) is 0 Å². The third kappa shape index (κ3) is 5.43. The summed E-state index contributed by atoms with van der Waals surface area (Å²) < 4.78 is 20.5. The molecule has 0 N–H and O–H groups in total. The molecule has 0 aliphatic heterocycles. The minimum Gasteiger partial charge on any atom is -0.497 e. The fourth-order valence-corrected chi connectivity index (χ4v) is 4.67. The van der Waals surface area contributed by atoms with Gasteiger partial charge in [-0.1, -0.05) is 42.5 Å². The van der Waals surface area contributed by atoms with Crippen LogP contribution in [0, 0.1) is 5.82 Å². The van der Waals surface area contributed by atoms with E-state index in [2.05, 4.69) is 0 Å².